The van der Waals surface area contributed by atoms with E-state index < -0.39 is 5.41 Å². The predicted molar refractivity (Wildman–Crippen MR) is 34.2 cm³/mol. The molecule has 0 saturated heterocycles. The van der Waals surface area contributed by atoms with Crippen LogP contribution in [0.25, 0.3) is 0 Å². The van der Waals surface area contributed by atoms with Crippen LogP contribution in [0.4, 0.5) is 0 Å². The second-order valence-electron chi connectivity index (χ2n) is 1.79. The SMILES string of the molecule is C=CC(C)([C]=O)C=C. The first-order chi connectivity index (χ1) is 3.68. The smallest absolute Gasteiger partial charge is 0.213 e. The van der Waals surface area contributed by atoms with Crippen molar-refractivity contribution >= 4 is 6.29 Å². The van der Waals surface area contributed by atoms with Gasteiger partial charge in [-0.3, -0.25) is 4.79 Å². The minimum Gasteiger partial charge on any atom is -0.289 e. The average Bonchev–Trinajstić information content (AvgIpc) is 1.87. The fourth-order valence-electron chi connectivity index (χ4n) is 0.167. The van der Waals surface area contributed by atoms with Crippen LogP contribution in [0.5, 0.6) is 0 Å². The van der Waals surface area contributed by atoms with Crippen molar-refractivity contribution in [3.05, 3.63) is 25.3 Å². The van der Waals surface area contributed by atoms with Gasteiger partial charge in [-0.25, -0.2) is 0 Å². The van der Waals surface area contributed by atoms with Gasteiger partial charge in [0.15, 0.2) is 0 Å². The molecule has 43 valence electrons. The van der Waals surface area contributed by atoms with Gasteiger partial charge in [0, 0.05) is 0 Å². The molecule has 8 heavy (non-hydrogen) atoms. The average molecular weight is 109 g/mol. The molecule has 0 spiro atoms. The van der Waals surface area contributed by atoms with Crippen molar-refractivity contribution in [3.63, 3.8) is 0 Å². The van der Waals surface area contributed by atoms with Crippen LogP contribution in [0.2, 0.25) is 0 Å². The summed E-state index contributed by atoms with van der Waals surface area (Å²) in [7, 11) is 0. The molecule has 0 unspecified atom stereocenters. The first-order valence-corrected chi connectivity index (χ1v) is 2.35. The second-order valence-corrected chi connectivity index (χ2v) is 1.79. The summed E-state index contributed by atoms with van der Waals surface area (Å²) >= 11 is 0. The standard InChI is InChI=1S/C7H9O/c1-4-7(3,5-2)6-8/h4-5H,1-2H2,3H3. The molecular weight excluding hydrogens is 100 g/mol. The minimum absolute atomic E-state index is 0.653. The third-order valence-corrected chi connectivity index (χ3v) is 1.07. The lowest BCUT2D eigenvalue weighted by molar-refractivity contribution is 0.523. The van der Waals surface area contributed by atoms with E-state index in [9.17, 15) is 4.79 Å². The molecule has 0 aliphatic heterocycles. The largest absolute Gasteiger partial charge is 0.289 e. The summed E-state index contributed by atoms with van der Waals surface area (Å²) in [4.78, 5) is 10.0. The van der Waals surface area contributed by atoms with Gasteiger partial charge in [-0.2, -0.15) is 0 Å². The Morgan fingerprint density at radius 1 is 1.50 bits per heavy atom. The van der Waals surface area contributed by atoms with Crippen LogP contribution in [-0.2, 0) is 4.79 Å². The first-order valence-electron chi connectivity index (χ1n) is 2.35. The van der Waals surface area contributed by atoms with Gasteiger partial charge in [0.05, 0.1) is 5.41 Å². The summed E-state index contributed by atoms with van der Waals surface area (Å²) in [6, 6.07) is 0. The third kappa shape index (κ3) is 1.34. The van der Waals surface area contributed by atoms with Gasteiger partial charge in [-0.15, -0.1) is 13.2 Å². The molecule has 0 heterocycles. The molecule has 0 N–H and O–H groups in total. The van der Waals surface area contributed by atoms with Crippen LogP contribution in [0.1, 0.15) is 6.92 Å². The maximum absolute atomic E-state index is 10.0. The van der Waals surface area contributed by atoms with Crippen molar-refractivity contribution in [1.29, 1.82) is 0 Å². The lowest BCUT2D eigenvalue weighted by Gasteiger charge is -2.07. The summed E-state index contributed by atoms with van der Waals surface area (Å²) < 4.78 is 0. The highest BCUT2D eigenvalue weighted by Crippen LogP contribution is 2.13. The van der Waals surface area contributed by atoms with E-state index in [1.165, 1.54) is 12.2 Å². The molecule has 0 aliphatic carbocycles. The van der Waals surface area contributed by atoms with E-state index in [1.54, 1.807) is 13.2 Å². The highest BCUT2D eigenvalue weighted by molar-refractivity contribution is 5.65. The van der Waals surface area contributed by atoms with E-state index in [2.05, 4.69) is 13.2 Å². The van der Waals surface area contributed by atoms with E-state index in [1.807, 2.05) is 0 Å². The normalized spacial score (nSPS) is 10.1. The Morgan fingerprint density at radius 2 is 1.88 bits per heavy atom. The van der Waals surface area contributed by atoms with E-state index in [0.29, 0.717) is 0 Å². The summed E-state index contributed by atoms with van der Waals surface area (Å²) in [6.07, 6.45) is 4.81. The number of allylic oxidation sites excluding steroid dienone is 2. The second kappa shape index (κ2) is 2.46. The van der Waals surface area contributed by atoms with Gasteiger partial charge in [0.2, 0.25) is 6.29 Å². The molecule has 0 aliphatic rings. The van der Waals surface area contributed by atoms with Crippen molar-refractivity contribution in [3.8, 4) is 0 Å². The summed E-state index contributed by atoms with van der Waals surface area (Å²) in [6.45, 7) is 8.58. The molecule has 0 amide bonds. The Hall–Kier alpha value is -0.850. The molecule has 1 radical (unpaired) electrons. The Balaban J connectivity index is 4.18. The maximum Gasteiger partial charge on any atom is 0.213 e. The predicted octanol–water partition coefficient (Wildman–Crippen LogP) is 1.47. The van der Waals surface area contributed by atoms with E-state index in [-0.39, 0.29) is 0 Å². The zero-order chi connectivity index (χ0) is 6.62. The van der Waals surface area contributed by atoms with Crippen molar-refractivity contribution in [1.82, 2.24) is 0 Å². The molecule has 0 fully saturated rings. The topological polar surface area (TPSA) is 17.1 Å². The zero-order valence-corrected chi connectivity index (χ0v) is 4.98. The molecule has 0 saturated carbocycles. The Morgan fingerprint density at radius 3 is 1.88 bits per heavy atom. The lowest BCUT2D eigenvalue weighted by atomic mass is 9.94. The quantitative estimate of drug-likeness (QED) is 0.501. The van der Waals surface area contributed by atoms with Crippen molar-refractivity contribution < 1.29 is 4.79 Å². The van der Waals surface area contributed by atoms with Crippen molar-refractivity contribution in [2.24, 2.45) is 5.41 Å². The molecule has 0 bridgehead atoms. The molecule has 0 atom stereocenters. The number of rotatable bonds is 3. The van der Waals surface area contributed by atoms with Crippen LogP contribution in [0.3, 0.4) is 0 Å². The van der Waals surface area contributed by atoms with E-state index in [0.717, 1.165) is 0 Å². The maximum atomic E-state index is 10.0. The van der Waals surface area contributed by atoms with Crippen molar-refractivity contribution in [2.45, 2.75) is 6.92 Å². The highest BCUT2D eigenvalue weighted by Gasteiger charge is 2.13. The zero-order valence-electron chi connectivity index (χ0n) is 4.98. The Labute approximate surface area is 49.7 Å². The number of hydrogen-bond acceptors (Lipinski definition) is 1. The monoisotopic (exact) mass is 109 g/mol. The summed E-state index contributed by atoms with van der Waals surface area (Å²) in [5, 5.41) is 0. The summed E-state index contributed by atoms with van der Waals surface area (Å²) in [5.74, 6) is 0. The fourth-order valence-corrected chi connectivity index (χ4v) is 0.167. The molecule has 0 aromatic heterocycles. The van der Waals surface area contributed by atoms with Gasteiger partial charge >= 0.3 is 0 Å². The van der Waals surface area contributed by atoms with Crippen LogP contribution < -0.4 is 0 Å². The Bertz CT molecular complexity index is 91.8. The molecule has 1 nitrogen and oxygen atoms in total. The molecule has 0 aromatic rings. The van der Waals surface area contributed by atoms with Gasteiger partial charge in [0.25, 0.3) is 0 Å². The van der Waals surface area contributed by atoms with Crippen LogP contribution >= 0.6 is 0 Å². The highest BCUT2D eigenvalue weighted by atomic mass is 16.1. The van der Waals surface area contributed by atoms with Crippen LogP contribution in [-0.4, -0.2) is 6.29 Å². The van der Waals surface area contributed by atoms with Gasteiger partial charge in [-0.05, 0) is 6.92 Å². The van der Waals surface area contributed by atoms with Gasteiger partial charge in [-0.1, -0.05) is 12.2 Å². The third-order valence-electron chi connectivity index (χ3n) is 1.07. The number of hydrogen-bond donors (Lipinski definition) is 0. The van der Waals surface area contributed by atoms with Crippen LogP contribution in [0, 0.1) is 5.41 Å². The van der Waals surface area contributed by atoms with E-state index >= 15 is 0 Å². The molecule has 1 heteroatoms. The summed E-state index contributed by atoms with van der Waals surface area (Å²) in [5.41, 5.74) is -0.653. The first kappa shape index (κ1) is 7.15. The fraction of sp³-hybridized carbons (Fsp3) is 0.286. The van der Waals surface area contributed by atoms with Crippen molar-refractivity contribution in [2.75, 3.05) is 0 Å². The van der Waals surface area contributed by atoms with E-state index in [4.69, 9.17) is 0 Å². The van der Waals surface area contributed by atoms with Gasteiger partial charge in [0.1, 0.15) is 0 Å². The number of carbonyl (C=O) groups excluding carboxylic acids is 1. The molecule has 0 aromatic carbocycles. The minimum atomic E-state index is -0.653. The van der Waals surface area contributed by atoms with Gasteiger partial charge < -0.3 is 0 Å². The van der Waals surface area contributed by atoms with Crippen LogP contribution in [0.15, 0.2) is 25.3 Å². The molecular formula is C7H9O. The lowest BCUT2D eigenvalue weighted by Crippen LogP contribution is -2.08. The molecule has 0 rings (SSSR count). The Kier molecular flexibility index (Phi) is 2.19.